The number of nitrogens with zero attached hydrogens (tertiary/aromatic N) is 1. The first-order valence-corrected chi connectivity index (χ1v) is 9.02. The zero-order valence-corrected chi connectivity index (χ0v) is 14.5. The van der Waals surface area contributed by atoms with Crippen molar-refractivity contribution in [3.05, 3.63) is 48.0 Å². The molecule has 0 unspecified atom stereocenters. The van der Waals surface area contributed by atoms with Crippen LogP contribution in [0.25, 0.3) is 0 Å². The summed E-state index contributed by atoms with van der Waals surface area (Å²) in [5.74, 6) is 0.340. The number of rotatable bonds is 5. The van der Waals surface area contributed by atoms with Crippen molar-refractivity contribution in [1.29, 1.82) is 0 Å². The summed E-state index contributed by atoms with van der Waals surface area (Å²) >= 11 is 7.52. The third kappa shape index (κ3) is 3.19. The van der Waals surface area contributed by atoms with E-state index in [4.69, 9.17) is 16.3 Å². The van der Waals surface area contributed by atoms with Gasteiger partial charge in [-0.25, -0.2) is 4.79 Å². The minimum Gasteiger partial charge on any atom is -0.462 e. The van der Waals surface area contributed by atoms with Crippen LogP contribution in [0.15, 0.2) is 52.3 Å². The molecule has 0 saturated heterocycles. The summed E-state index contributed by atoms with van der Waals surface area (Å²) in [6.45, 7) is 3.02. The lowest BCUT2D eigenvalue weighted by Gasteiger charge is -2.33. The molecule has 1 aliphatic rings. The van der Waals surface area contributed by atoms with E-state index in [0.717, 1.165) is 34.1 Å². The minimum absolute atomic E-state index is 0.270. The predicted molar refractivity (Wildman–Crippen MR) is 95.3 cm³/mol. The van der Waals surface area contributed by atoms with Crippen molar-refractivity contribution in [2.75, 3.05) is 23.9 Å². The molecule has 1 heterocycles. The summed E-state index contributed by atoms with van der Waals surface area (Å²) in [7, 11) is 0. The number of benzene rings is 2. The van der Waals surface area contributed by atoms with Gasteiger partial charge in [-0.3, -0.25) is 0 Å². The molecule has 0 fully saturated rings. The van der Waals surface area contributed by atoms with Gasteiger partial charge in [0.05, 0.1) is 28.4 Å². The Kier molecular flexibility index (Phi) is 5.13. The maximum absolute atomic E-state index is 12.3. The van der Waals surface area contributed by atoms with E-state index in [2.05, 4.69) is 23.1 Å². The van der Waals surface area contributed by atoms with Gasteiger partial charge in [0.15, 0.2) is 0 Å². The van der Waals surface area contributed by atoms with Gasteiger partial charge in [0, 0.05) is 17.3 Å². The van der Waals surface area contributed by atoms with Crippen molar-refractivity contribution in [3.8, 4) is 0 Å². The minimum atomic E-state index is -0.270. The molecule has 0 saturated carbocycles. The maximum Gasteiger partial charge on any atom is 0.339 e. The van der Waals surface area contributed by atoms with Crippen molar-refractivity contribution in [2.24, 2.45) is 0 Å². The normalized spacial score (nSPS) is 12.5. The molecule has 2 aromatic carbocycles. The number of fused-ring (bicyclic) bond motifs is 2. The van der Waals surface area contributed by atoms with E-state index in [0.29, 0.717) is 18.1 Å². The molecule has 0 aromatic heterocycles. The van der Waals surface area contributed by atoms with Crippen molar-refractivity contribution in [2.45, 2.75) is 23.1 Å². The van der Waals surface area contributed by atoms with E-state index in [9.17, 15) is 4.79 Å². The largest absolute Gasteiger partial charge is 0.462 e. The van der Waals surface area contributed by atoms with Crippen molar-refractivity contribution in [1.82, 2.24) is 0 Å². The Morgan fingerprint density at radius 1 is 1.17 bits per heavy atom. The molecule has 3 rings (SSSR count). The molecule has 3 nitrogen and oxygen atoms in total. The first kappa shape index (κ1) is 16.2. The Labute approximate surface area is 145 Å². The highest BCUT2D eigenvalue weighted by Crippen LogP contribution is 2.49. The molecular formula is C18H18ClNO2S. The molecule has 1 aliphatic heterocycles. The summed E-state index contributed by atoms with van der Waals surface area (Å²) in [6.07, 6.45) is 0.879. The van der Waals surface area contributed by atoms with Gasteiger partial charge in [-0.15, -0.1) is 11.6 Å². The fraction of sp³-hybridized carbons (Fsp3) is 0.278. The van der Waals surface area contributed by atoms with Gasteiger partial charge in [-0.1, -0.05) is 30.0 Å². The van der Waals surface area contributed by atoms with E-state index in [1.807, 2.05) is 31.2 Å². The number of alkyl halides is 1. The van der Waals surface area contributed by atoms with Crippen LogP contribution in [-0.2, 0) is 4.74 Å². The van der Waals surface area contributed by atoms with Crippen LogP contribution < -0.4 is 4.90 Å². The monoisotopic (exact) mass is 347 g/mol. The molecule has 0 N–H and O–H groups in total. The topological polar surface area (TPSA) is 29.5 Å². The molecule has 2 aromatic rings. The predicted octanol–water partition coefficient (Wildman–Crippen LogP) is 5.09. The molecule has 0 amide bonds. The lowest BCUT2D eigenvalue weighted by molar-refractivity contribution is 0.0522. The summed E-state index contributed by atoms with van der Waals surface area (Å²) in [5.41, 5.74) is 2.83. The van der Waals surface area contributed by atoms with E-state index < -0.39 is 0 Å². The Bertz CT molecular complexity index is 720. The number of hydrogen-bond donors (Lipinski definition) is 0. The van der Waals surface area contributed by atoms with Gasteiger partial charge in [0.2, 0.25) is 0 Å². The summed E-state index contributed by atoms with van der Waals surface area (Å²) in [6, 6.07) is 14.0. The van der Waals surface area contributed by atoms with Crippen LogP contribution in [0.3, 0.4) is 0 Å². The summed E-state index contributed by atoms with van der Waals surface area (Å²) < 4.78 is 5.21. The van der Waals surface area contributed by atoms with Crippen molar-refractivity contribution >= 4 is 40.7 Å². The molecule has 0 bridgehead atoms. The Hall–Kier alpha value is -1.65. The lowest BCUT2D eigenvalue weighted by atomic mass is 10.1. The van der Waals surface area contributed by atoms with Crippen LogP contribution >= 0.6 is 23.4 Å². The van der Waals surface area contributed by atoms with E-state index in [1.54, 1.807) is 11.8 Å². The maximum atomic E-state index is 12.3. The molecule has 120 valence electrons. The number of carbonyl (C=O) groups excluding carboxylic acids is 1. The van der Waals surface area contributed by atoms with Gasteiger partial charge in [-0.2, -0.15) is 0 Å². The van der Waals surface area contributed by atoms with Crippen LogP contribution in [0.5, 0.6) is 0 Å². The second-order valence-corrected chi connectivity index (χ2v) is 6.57. The fourth-order valence-electron chi connectivity index (χ4n) is 2.68. The van der Waals surface area contributed by atoms with E-state index in [1.165, 1.54) is 0 Å². The number of hydrogen-bond acceptors (Lipinski definition) is 4. The molecular weight excluding hydrogens is 330 g/mol. The SMILES string of the molecule is CCOC(=O)c1cccc2c1Sc1ccccc1N2CCCCl. The van der Waals surface area contributed by atoms with Crippen LogP contribution in [0.2, 0.25) is 0 Å². The molecule has 0 aliphatic carbocycles. The number of para-hydroxylation sites is 1. The zero-order valence-electron chi connectivity index (χ0n) is 12.9. The number of carbonyl (C=O) groups is 1. The molecule has 0 radical (unpaired) electrons. The molecule has 0 spiro atoms. The van der Waals surface area contributed by atoms with Gasteiger partial charge in [-0.05, 0) is 37.6 Å². The zero-order chi connectivity index (χ0) is 16.2. The third-order valence-corrected chi connectivity index (χ3v) is 5.13. The number of ether oxygens (including phenoxy) is 1. The highest BCUT2D eigenvalue weighted by Gasteiger charge is 2.27. The highest BCUT2D eigenvalue weighted by atomic mass is 35.5. The second-order valence-electron chi connectivity index (χ2n) is 5.14. The second kappa shape index (κ2) is 7.28. The fourth-order valence-corrected chi connectivity index (χ4v) is 3.99. The first-order valence-electron chi connectivity index (χ1n) is 7.66. The van der Waals surface area contributed by atoms with E-state index >= 15 is 0 Å². The number of anilines is 2. The van der Waals surface area contributed by atoms with E-state index in [-0.39, 0.29) is 5.97 Å². The average Bonchev–Trinajstić information content (AvgIpc) is 2.58. The van der Waals surface area contributed by atoms with Gasteiger partial charge in [0.1, 0.15) is 0 Å². The number of esters is 1. The average molecular weight is 348 g/mol. The van der Waals surface area contributed by atoms with Crippen LogP contribution in [0.1, 0.15) is 23.7 Å². The molecule has 5 heteroatoms. The molecule has 0 atom stereocenters. The standard InChI is InChI=1S/C18H18ClNO2S/c1-2-22-18(21)13-7-5-9-15-17(13)23-16-10-4-3-8-14(16)20(15)12-6-11-19/h3-5,7-10H,2,6,11-12H2,1H3. The Balaban J connectivity index is 2.08. The number of halogens is 1. The van der Waals surface area contributed by atoms with Crippen LogP contribution in [-0.4, -0.2) is 25.0 Å². The van der Waals surface area contributed by atoms with Crippen LogP contribution in [0.4, 0.5) is 11.4 Å². The lowest BCUT2D eigenvalue weighted by Crippen LogP contribution is -2.23. The first-order chi connectivity index (χ1) is 11.3. The Morgan fingerprint density at radius 3 is 2.74 bits per heavy atom. The van der Waals surface area contributed by atoms with Crippen molar-refractivity contribution < 1.29 is 9.53 Å². The smallest absolute Gasteiger partial charge is 0.339 e. The van der Waals surface area contributed by atoms with Crippen LogP contribution in [0, 0.1) is 0 Å². The van der Waals surface area contributed by atoms with Gasteiger partial charge in [0.25, 0.3) is 0 Å². The summed E-state index contributed by atoms with van der Waals surface area (Å²) in [5, 5.41) is 0. The third-order valence-electron chi connectivity index (χ3n) is 3.66. The van der Waals surface area contributed by atoms with Crippen molar-refractivity contribution in [3.63, 3.8) is 0 Å². The molecule has 23 heavy (non-hydrogen) atoms. The summed E-state index contributed by atoms with van der Waals surface area (Å²) in [4.78, 5) is 16.6. The van der Waals surface area contributed by atoms with Gasteiger partial charge < -0.3 is 9.64 Å². The highest BCUT2D eigenvalue weighted by molar-refractivity contribution is 7.99. The quantitative estimate of drug-likeness (QED) is 0.556. The van der Waals surface area contributed by atoms with Gasteiger partial charge >= 0.3 is 5.97 Å². The Morgan fingerprint density at radius 2 is 1.96 bits per heavy atom.